The van der Waals surface area contributed by atoms with Crippen LogP contribution >= 0.6 is 0 Å². The molecule has 0 bridgehead atoms. The first-order valence-electron chi connectivity index (χ1n) is 7.31. The first-order valence-corrected chi connectivity index (χ1v) is 7.31. The van der Waals surface area contributed by atoms with Crippen LogP contribution in [0.4, 0.5) is 0 Å². The molecule has 1 aliphatic rings. The molecular formula is C20H11N3O. The summed E-state index contributed by atoms with van der Waals surface area (Å²) in [5, 5.41) is 29.1. The Labute approximate surface area is 139 Å². The molecule has 2 aromatic carbocycles. The van der Waals surface area contributed by atoms with Crippen LogP contribution in [0, 0.1) is 39.4 Å². The second-order valence-corrected chi connectivity index (χ2v) is 5.47. The van der Waals surface area contributed by atoms with Gasteiger partial charge in [0.2, 0.25) is 0 Å². The van der Waals surface area contributed by atoms with Gasteiger partial charge in [0.05, 0.1) is 29.7 Å². The van der Waals surface area contributed by atoms with Crippen LogP contribution in [-0.2, 0) is 4.79 Å². The largest absolute Gasteiger partial charge is 0.293 e. The molecule has 112 valence electrons. The second-order valence-electron chi connectivity index (χ2n) is 5.47. The Morgan fingerprint density at radius 1 is 0.833 bits per heavy atom. The first kappa shape index (κ1) is 15.2. The van der Waals surface area contributed by atoms with E-state index in [0.717, 1.165) is 0 Å². The molecule has 24 heavy (non-hydrogen) atoms. The van der Waals surface area contributed by atoms with Crippen molar-refractivity contribution in [2.75, 3.05) is 0 Å². The minimum Gasteiger partial charge on any atom is -0.293 e. The van der Waals surface area contributed by atoms with Crippen molar-refractivity contribution in [1.82, 2.24) is 0 Å². The number of nitrogens with zero attached hydrogens (tertiary/aromatic N) is 3. The lowest BCUT2D eigenvalue weighted by molar-refractivity contribution is -0.115. The van der Waals surface area contributed by atoms with Crippen molar-refractivity contribution in [2.45, 2.75) is 5.92 Å². The van der Waals surface area contributed by atoms with E-state index in [-0.39, 0.29) is 16.9 Å². The fraction of sp³-hybridized carbons (Fsp3) is 0.100. The number of hydrogen-bond acceptors (Lipinski definition) is 4. The van der Waals surface area contributed by atoms with Gasteiger partial charge in [0.25, 0.3) is 0 Å². The van der Waals surface area contributed by atoms with Crippen molar-refractivity contribution in [2.24, 2.45) is 5.41 Å². The summed E-state index contributed by atoms with van der Waals surface area (Å²) in [5.41, 5.74) is -0.609. The minimum atomic E-state index is -1.81. The van der Waals surface area contributed by atoms with Crippen LogP contribution in [0.5, 0.6) is 0 Å². The van der Waals surface area contributed by atoms with Gasteiger partial charge in [-0.05, 0) is 11.1 Å². The summed E-state index contributed by atoms with van der Waals surface area (Å²) in [6, 6.07) is 23.2. The maximum atomic E-state index is 13.1. The maximum absolute atomic E-state index is 13.1. The number of nitriles is 3. The number of benzene rings is 2. The Balaban J connectivity index is 2.32. The quantitative estimate of drug-likeness (QED) is 0.850. The third kappa shape index (κ3) is 2.01. The number of carbonyl (C=O) groups is 1. The Hall–Kier alpha value is -3.68. The summed E-state index contributed by atoms with van der Waals surface area (Å²) in [6.45, 7) is 0. The Morgan fingerprint density at radius 3 is 1.88 bits per heavy atom. The van der Waals surface area contributed by atoms with Crippen LogP contribution in [0.15, 0.2) is 66.2 Å². The highest BCUT2D eigenvalue weighted by molar-refractivity contribution is 6.29. The van der Waals surface area contributed by atoms with E-state index < -0.39 is 11.3 Å². The van der Waals surface area contributed by atoms with Gasteiger partial charge in [-0.15, -0.1) is 0 Å². The smallest absolute Gasteiger partial charge is 0.193 e. The van der Waals surface area contributed by atoms with E-state index >= 15 is 0 Å². The van der Waals surface area contributed by atoms with Crippen molar-refractivity contribution < 1.29 is 4.79 Å². The monoisotopic (exact) mass is 309 g/mol. The lowest BCUT2D eigenvalue weighted by Gasteiger charge is -2.21. The highest BCUT2D eigenvalue weighted by atomic mass is 16.1. The third-order valence-corrected chi connectivity index (χ3v) is 4.25. The van der Waals surface area contributed by atoms with Crippen LogP contribution < -0.4 is 0 Å². The van der Waals surface area contributed by atoms with Crippen LogP contribution in [-0.4, -0.2) is 5.78 Å². The molecule has 4 heteroatoms. The van der Waals surface area contributed by atoms with E-state index in [9.17, 15) is 20.6 Å². The normalized spacial score (nSPS) is 18.5. The van der Waals surface area contributed by atoms with Gasteiger partial charge in [0, 0.05) is 5.57 Å². The van der Waals surface area contributed by atoms with Gasteiger partial charge in [-0.25, -0.2) is 0 Å². The van der Waals surface area contributed by atoms with Crippen molar-refractivity contribution in [3.8, 4) is 18.2 Å². The van der Waals surface area contributed by atoms with Gasteiger partial charge in [0.15, 0.2) is 11.2 Å². The van der Waals surface area contributed by atoms with Gasteiger partial charge >= 0.3 is 0 Å². The molecule has 4 nitrogen and oxygen atoms in total. The molecule has 0 fully saturated rings. The standard InChI is InChI=1S/C20H11N3O/c21-11-16-17(14-7-3-1-4-8-14)19(24)18(20(16,12-22)13-23)15-9-5-2-6-10-15/h1-10,18H/t18-/m0/s1. The van der Waals surface area contributed by atoms with Crippen molar-refractivity contribution in [3.63, 3.8) is 0 Å². The lowest BCUT2D eigenvalue weighted by Crippen LogP contribution is -2.27. The molecule has 0 amide bonds. The molecule has 0 unspecified atom stereocenters. The summed E-state index contributed by atoms with van der Waals surface area (Å²) in [6.07, 6.45) is 0. The van der Waals surface area contributed by atoms with Crippen LogP contribution in [0.1, 0.15) is 17.0 Å². The van der Waals surface area contributed by atoms with Gasteiger partial charge in [-0.1, -0.05) is 60.7 Å². The van der Waals surface area contributed by atoms with Gasteiger partial charge in [-0.3, -0.25) is 4.79 Å². The summed E-state index contributed by atoms with van der Waals surface area (Å²) in [5.74, 6) is -1.37. The van der Waals surface area contributed by atoms with Gasteiger partial charge in [-0.2, -0.15) is 15.8 Å². The molecule has 0 aliphatic heterocycles. The third-order valence-electron chi connectivity index (χ3n) is 4.25. The zero-order chi connectivity index (χ0) is 17.2. The van der Waals surface area contributed by atoms with Gasteiger partial charge < -0.3 is 0 Å². The Kier molecular flexibility index (Phi) is 3.70. The topological polar surface area (TPSA) is 88.4 Å². The lowest BCUT2D eigenvalue weighted by atomic mass is 9.73. The number of hydrogen-bond donors (Lipinski definition) is 0. The number of carbonyl (C=O) groups excluding carboxylic acids is 1. The molecular weight excluding hydrogens is 298 g/mol. The van der Waals surface area contributed by atoms with Crippen LogP contribution in [0.2, 0.25) is 0 Å². The summed E-state index contributed by atoms with van der Waals surface area (Å²) < 4.78 is 0. The molecule has 1 aliphatic carbocycles. The van der Waals surface area contributed by atoms with E-state index in [4.69, 9.17) is 0 Å². The maximum Gasteiger partial charge on any atom is 0.193 e. The van der Waals surface area contributed by atoms with Gasteiger partial charge in [0.1, 0.15) is 0 Å². The van der Waals surface area contributed by atoms with E-state index in [2.05, 4.69) is 0 Å². The number of allylic oxidation sites excluding steroid dienone is 2. The highest BCUT2D eigenvalue weighted by Crippen LogP contribution is 2.52. The van der Waals surface area contributed by atoms with Crippen LogP contribution in [0.3, 0.4) is 0 Å². The van der Waals surface area contributed by atoms with Crippen LogP contribution in [0.25, 0.3) is 5.57 Å². The predicted octanol–water partition coefficient (Wildman–Crippen LogP) is 3.36. The number of ketones is 1. The fourth-order valence-electron chi connectivity index (χ4n) is 3.15. The van der Waals surface area contributed by atoms with E-state index in [1.165, 1.54) is 0 Å². The first-order chi connectivity index (χ1) is 11.7. The SMILES string of the molecule is N#CC1=C(c2ccccc2)C(=O)[C@H](c2ccccc2)C1(C#N)C#N. The fourth-order valence-corrected chi connectivity index (χ4v) is 3.15. The van der Waals surface area contributed by atoms with E-state index in [0.29, 0.717) is 11.1 Å². The minimum absolute atomic E-state index is 0.0717. The number of Topliss-reactive ketones (excluding diaryl/α,β-unsaturated/α-hetero) is 1. The van der Waals surface area contributed by atoms with Crippen molar-refractivity contribution >= 4 is 11.4 Å². The number of rotatable bonds is 2. The molecule has 0 saturated heterocycles. The summed E-state index contributed by atoms with van der Waals surface area (Å²) in [4.78, 5) is 13.1. The van der Waals surface area contributed by atoms with E-state index in [1.54, 1.807) is 60.7 Å². The van der Waals surface area contributed by atoms with Crippen molar-refractivity contribution in [1.29, 1.82) is 15.8 Å². The molecule has 3 rings (SSSR count). The average Bonchev–Trinajstić information content (AvgIpc) is 2.91. The molecule has 0 heterocycles. The molecule has 0 saturated carbocycles. The second kappa shape index (κ2) is 5.84. The Morgan fingerprint density at radius 2 is 1.38 bits per heavy atom. The predicted molar refractivity (Wildman–Crippen MR) is 86.8 cm³/mol. The van der Waals surface area contributed by atoms with E-state index in [1.807, 2.05) is 18.2 Å². The molecule has 0 N–H and O–H groups in total. The Bertz CT molecular complexity index is 940. The van der Waals surface area contributed by atoms with Crippen molar-refractivity contribution in [3.05, 3.63) is 77.4 Å². The highest BCUT2D eigenvalue weighted by Gasteiger charge is 2.56. The average molecular weight is 309 g/mol. The molecule has 1 atom stereocenters. The molecule has 0 radical (unpaired) electrons. The molecule has 2 aromatic rings. The zero-order valence-electron chi connectivity index (χ0n) is 12.6. The molecule has 0 spiro atoms. The zero-order valence-corrected chi connectivity index (χ0v) is 12.6. The summed E-state index contributed by atoms with van der Waals surface area (Å²) in [7, 11) is 0. The molecule has 0 aromatic heterocycles. The summed E-state index contributed by atoms with van der Waals surface area (Å²) >= 11 is 0.